The summed E-state index contributed by atoms with van der Waals surface area (Å²) in [5, 5.41) is 4.72. The molecular formula is C14H22N2OS. The molecule has 1 aliphatic carbocycles. The van der Waals surface area contributed by atoms with Gasteiger partial charge >= 0.3 is 0 Å². The van der Waals surface area contributed by atoms with Gasteiger partial charge in [0, 0.05) is 30.4 Å². The average Bonchev–Trinajstić information content (AvgIpc) is 2.94. The van der Waals surface area contributed by atoms with Crippen molar-refractivity contribution < 1.29 is 4.74 Å². The van der Waals surface area contributed by atoms with Crippen LogP contribution in [0.25, 0.3) is 0 Å². The van der Waals surface area contributed by atoms with E-state index in [1.165, 1.54) is 41.3 Å². The van der Waals surface area contributed by atoms with Crippen LogP contribution in [0.2, 0.25) is 0 Å². The van der Waals surface area contributed by atoms with E-state index in [0.29, 0.717) is 6.10 Å². The van der Waals surface area contributed by atoms with Crippen molar-refractivity contribution in [3.05, 3.63) is 15.6 Å². The summed E-state index contributed by atoms with van der Waals surface area (Å²) in [4.78, 5) is 6.35. The Balaban J connectivity index is 1.69. The van der Waals surface area contributed by atoms with Crippen molar-refractivity contribution >= 4 is 11.3 Å². The number of aromatic nitrogens is 1. The van der Waals surface area contributed by atoms with Crippen LogP contribution in [0.1, 0.15) is 54.1 Å². The zero-order valence-electron chi connectivity index (χ0n) is 11.1. The largest absolute Gasteiger partial charge is 0.378 e. The summed E-state index contributed by atoms with van der Waals surface area (Å²) in [6.45, 7) is 5.12. The average molecular weight is 266 g/mol. The molecule has 3 nitrogen and oxygen atoms in total. The summed E-state index contributed by atoms with van der Waals surface area (Å²) in [7, 11) is 0. The van der Waals surface area contributed by atoms with Gasteiger partial charge in [-0.2, -0.15) is 0 Å². The molecule has 3 rings (SSSR count). The van der Waals surface area contributed by atoms with E-state index in [4.69, 9.17) is 9.72 Å². The molecule has 1 unspecified atom stereocenters. The lowest BCUT2D eigenvalue weighted by atomic mass is 10.2. The molecule has 0 amide bonds. The lowest BCUT2D eigenvalue weighted by Crippen LogP contribution is -2.11. The molecule has 0 aromatic carbocycles. The number of nitrogens with one attached hydrogen (secondary N) is 1. The first-order valence-electron chi connectivity index (χ1n) is 7.17. The minimum absolute atomic E-state index is 0.426. The molecule has 1 atom stereocenters. The lowest BCUT2D eigenvalue weighted by molar-refractivity contribution is 0.111. The Labute approximate surface area is 113 Å². The number of hydrogen-bond donors (Lipinski definition) is 1. The van der Waals surface area contributed by atoms with Crippen molar-refractivity contribution in [2.75, 3.05) is 13.2 Å². The van der Waals surface area contributed by atoms with E-state index in [1.54, 1.807) is 0 Å². The molecule has 0 spiro atoms. The van der Waals surface area contributed by atoms with Gasteiger partial charge in [-0.1, -0.05) is 6.92 Å². The van der Waals surface area contributed by atoms with Crippen molar-refractivity contribution in [1.29, 1.82) is 0 Å². The fourth-order valence-corrected chi connectivity index (χ4v) is 3.73. The van der Waals surface area contributed by atoms with Crippen LogP contribution in [0.5, 0.6) is 0 Å². The third-order valence-electron chi connectivity index (χ3n) is 3.70. The first-order valence-corrected chi connectivity index (χ1v) is 7.99. The fourth-order valence-electron chi connectivity index (χ4n) is 2.54. The summed E-state index contributed by atoms with van der Waals surface area (Å²) in [5.74, 6) is 0.758. The molecule has 1 saturated heterocycles. The molecule has 0 radical (unpaired) electrons. The number of ether oxygens (including phenoxy) is 1. The van der Waals surface area contributed by atoms with Gasteiger partial charge in [0.15, 0.2) is 0 Å². The molecule has 0 bridgehead atoms. The number of hydrogen-bond acceptors (Lipinski definition) is 4. The maximum Gasteiger partial charge on any atom is 0.0957 e. The quantitative estimate of drug-likeness (QED) is 0.859. The minimum atomic E-state index is 0.426. The Morgan fingerprint density at radius 2 is 2.28 bits per heavy atom. The minimum Gasteiger partial charge on any atom is -0.378 e. The second kappa shape index (κ2) is 5.68. The van der Waals surface area contributed by atoms with Crippen LogP contribution in [-0.4, -0.2) is 24.2 Å². The third kappa shape index (κ3) is 2.92. The van der Waals surface area contributed by atoms with Crippen molar-refractivity contribution in [3.8, 4) is 0 Å². The highest BCUT2D eigenvalue weighted by atomic mass is 32.1. The maximum atomic E-state index is 5.71. The Hall–Kier alpha value is -0.450. The Morgan fingerprint density at radius 3 is 2.94 bits per heavy atom. The van der Waals surface area contributed by atoms with E-state index < -0.39 is 0 Å². The summed E-state index contributed by atoms with van der Waals surface area (Å²) in [6, 6.07) is 0. The van der Waals surface area contributed by atoms with Crippen molar-refractivity contribution in [2.24, 2.45) is 0 Å². The molecule has 2 fully saturated rings. The van der Waals surface area contributed by atoms with Crippen LogP contribution in [0.15, 0.2) is 0 Å². The number of nitrogens with zero attached hydrogens (tertiary/aromatic N) is 1. The zero-order chi connectivity index (χ0) is 12.4. The van der Waals surface area contributed by atoms with E-state index in [-0.39, 0.29) is 0 Å². The summed E-state index contributed by atoms with van der Waals surface area (Å²) >= 11 is 1.90. The Kier molecular flexibility index (Phi) is 3.97. The van der Waals surface area contributed by atoms with Gasteiger partial charge in [0.25, 0.3) is 0 Å². The van der Waals surface area contributed by atoms with E-state index >= 15 is 0 Å². The summed E-state index contributed by atoms with van der Waals surface area (Å²) in [5.41, 5.74) is 1.38. The summed E-state index contributed by atoms with van der Waals surface area (Å²) < 4.78 is 5.71. The van der Waals surface area contributed by atoms with E-state index in [1.807, 2.05) is 11.3 Å². The van der Waals surface area contributed by atoms with Crippen molar-refractivity contribution in [2.45, 2.75) is 57.6 Å². The molecule has 1 aliphatic heterocycles. The fraction of sp³-hybridized carbons (Fsp3) is 0.786. The molecule has 18 heavy (non-hydrogen) atoms. The molecule has 1 saturated carbocycles. The van der Waals surface area contributed by atoms with E-state index in [2.05, 4.69) is 12.2 Å². The normalized spacial score (nSPS) is 23.7. The third-order valence-corrected chi connectivity index (χ3v) is 4.79. The molecule has 1 aromatic rings. The molecule has 2 aliphatic rings. The monoisotopic (exact) mass is 266 g/mol. The first-order chi connectivity index (χ1) is 8.86. The van der Waals surface area contributed by atoms with Crippen LogP contribution < -0.4 is 5.32 Å². The Morgan fingerprint density at radius 1 is 1.39 bits per heavy atom. The van der Waals surface area contributed by atoms with Gasteiger partial charge in [0.05, 0.1) is 16.8 Å². The van der Waals surface area contributed by atoms with Crippen LogP contribution in [0, 0.1) is 0 Å². The van der Waals surface area contributed by atoms with Gasteiger partial charge in [0.1, 0.15) is 0 Å². The van der Waals surface area contributed by atoms with Gasteiger partial charge in [-0.05, 0) is 32.2 Å². The van der Waals surface area contributed by atoms with Crippen LogP contribution in [-0.2, 0) is 17.7 Å². The highest BCUT2D eigenvalue weighted by molar-refractivity contribution is 7.11. The van der Waals surface area contributed by atoms with Gasteiger partial charge in [0.2, 0.25) is 0 Å². The SMILES string of the molecule is CCNCc1sc(CC2CCCO2)nc1C1CC1. The van der Waals surface area contributed by atoms with Gasteiger partial charge < -0.3 is 10.1 Å². The number of rotatable bonds is 6. The maximum absolute atomic E-state index is 5.71. The van der Waals surface area contributed by atoms with Gasteiger partial charge in [-0.3, -0.25) is 0 Å². The van der Waals surface area contributed by atoms with Crippen LogP contribution >= 0.6 is 11.3 Å². The summed E-state index contributed by atoms with van der Waals surface area (Å²) in [6.07, 6.45) is 6.55. The highest BCUT2D eigenvalue weighted by Gasteiger charge is 2.30. The first kappa shape index (κ1) is 12.6. The molecule has 1 N–H and O–H groups in total. The van der Waals surface area contributed by atoms with Gasteiger partial charge in [-0.15, -0.1) is 11.3 Å². The predicted molar refractivity (Wildman–Crippen MR) is 74.1 cm³/mol. The van der Waals surface area contributed by atoms with Crippen LogP contribution in [0.3, 0.4) is 0 Å². The molecule has 1 aromatic heterocycles. The van der Waals surface area contributed by atoms with Crippen molar-refractivity contribution in [3.63, 3.8) is 0 Å². The second-order valence-corrected chi connectivity index (χ2v) is 6.48. The van der Waals surface area contributed by atoms with Gasteiger partial charge in [-0.25, -0.2) is 4.98 Å². The molecule has 100 valence electrons. The predicted octanol–water partition coefficient (Wildman–Crippen LogP) is 2.85. The second-order valence-electron chi connectivity index (χ2n) is 5.31. The lowest BCUT2D eigenvalue weighted by Gasteiger charge is -2.05. The smallest absolute Gasteiger partial charge is 0.0957 e. The standard InChI is InChI=1S/C14H22N2OS/c1-2-15-9-12-14(10-5-6-10)16-13(18-12)8-11-4-3-7-17-11/h10-11,15H,2-9H2,1H3. The topological polar surface area (TPSA) is 34.1 Å². The Bertz CT molecular complexity index is 394. The van der Waals surface area contributed by atoms with Crippen LogP contribution in [0.4, 0.5) is 0 Å². The molecule has 2 heterocycles. The zero-order valence-corrected chi connectivity index (χ0v) is 11.9. The molecule has 4 heteroatoms. The van der Waals surface area contributed by atoms with E-state index in [9.17, 15) is 0 Å². The van der Waals surface area contributed by atoms with Crippen molar-refractivity contribution in [1.82, 2.24) is 10.3 Å². The van der Waals surface area contributed by atoms with E-state index in [0.717, 1.165) is 32.0 Å². The number of thiazole rings is 1. The highest BCUT2D eigenvalue weighted by Crippen LogP contribution is 2.43. The molecular weight excluding hydrogens is 244 g/mol.